The molecule has 9 nitrogen and oxygen atoms in total. The van der Waals surface area contributed by atoms with Crippen LogP contribution >= 0.6 is 0 Å². The van der Waals surface area contributed by atoms with Gasteiger partial charge in [0, 0.05) is 45.3 Å². The van der Waals surface area contributed by atoms with E-state index < -0.39 is 10.0 Å². The van der Waals surface area contributed by atoms with E-state index in [0.717, 1.165) is 25.9 Å². The van der Waals surface area contributed by atoms with Crippen molar-refractivity contribution < 1.29 is 22.7 Å². The fourth-order valence-electron chi connectivity index (χ4n) is 5.61. The summed E-state index contributed by atoms with van der Waals surface area (Å²) in [6.45, 7) is 3.78. The average Bonchev–Trinajstić information content (AvgIpc) is 3.42. The first kappa shape index (κ1) is 23.6. The zero-order valence-electron chi connectivity index (χ0n) is 19.7. The summed E-state index contributed by atoms with van der Waals surface area (Å²) in [5.74, 6) is -0.0235. The van der Waals surface area contributed by atoms with Crippen LogP contribution < -0.4 is 9.64 Å². The lowest BCUT2D eigenvalue weighted by Gasteiger charge is -2.41. The van der Waals surface area contributed by atoms with Crippen molar-refractivity contribution in [3.63, 3.8) is 0 Å². The first-order valence-corrected chi connectivity index (χ1v) is 14.0. The quantitative estimate of drug-likeness (QED) is 0.624. The molecule has 0 radical (unpaired) electrons. The van der Waals surface area contributed by atoms with Crippen LogP contribution in [0.1, 0.15) is 44.9 Å². The second kappa shape index (κ2) is 9.83. The number of carbonyl (C=O) groups excluding carboxylic acids is 2. The van der Waals surface area contributed by atoms with E-state index >= 15 is 0 Å². The number of benzene rings is 1. The summed E-state index contributed by atoms with van der Waals surface area (Å²) in [7, 11) is -3.64. The Morgan fingerprint density at radius 1 is 0.941 bits per heavy atom. The summed E-state index contributed by atoms with van der Waals surface area (Å²) >= 11 is 0. The number of nitrogens with zero attached hydrogens (tertiary/aromatic N) is 4. The molecule has 0 unspecified atom stereocenters. The van der Waals surface area contributed by atoms with Crippen LogP contribution in [0.25, 0.3) is 0 Å². The number of amides is 2. The molecule has 0 atom stereocenters. The highest BCUT2D eigenvalue weighted by atomic mass is 32.2. The van der Waals surface area contributed by atoms with E-state index in [1.54, 1.807) is 6.07 Å². The van der Waals surface area contributed by atoms with E-state index in [1.807, 2.05) is 4.90 Å². The number of hydrogen-bond acceptors (Lipinski definition) is 6. The van der Waals surface area contributed by atoms with Crippen molar-refractivity contribution in [2.24, 2.45) is 0 Å². The van der Waals surface area contributed by atoms with E-state index in [-0.39, 0.29) is 29.9 Å². The SMILES string of the molecule is O=C(CN1C(=O)COc2ccc(S(=O)(=O)N3CCCC3)cc21)N1CCN(C2CCCCC2)CC1. The maximum atomic E-state index is 13.1. The lowest BCUT2D eigenvalue weighted by Crippen LogP contribution is -2.55. The van der Waals surface area contributed by atoms with Crippen molar-refractivity contribution in [1.29, 1.82) is 0 Å². The number of fused-ring (bicyclic) bond motifs is 1. The highest BCUT2D eigenvalue weighted by molar-refractivity contribution is 7.89. The van der Waals surface area contributed by atoms with Crippen molar-refractivity contribution in [2.75, 3.05) is 57.3 Å². The Kier molecular flexibility index (Phi) is 6.81. The molecular weight excluding hydrogens is 456 g/mol. The van der Waals surface area contributed by atoms with Crippen LogP contribution in [0.4, 0.5) is 5.69 Å². The number of sulfonamides is 1. The molecule has 5 rings (SSSR count). The molecule has 0 aromatic heterocycles. The van der Waals surface area contributed by atoms with Crippen LogP contribution in [-0.4, -0.2) is 92.8 Å². The molecule has 1 aliphatic carbocycles. The van der Waals surface area contributed by atoms with Gasteiger partial charge >= 0.3 is 0 Å². The van der Waals surface area contributed by atoms with E-state index in [9.17, 15) is 18.0 Å². The molecule has 186 valence electrons. The summed E-state index contributed by atoms with van der Waals surface area (Å²) in [5, 5.41) is 0. The molecule has 2 amide bonds. The minimum absolute atomic E-state index is 0.105. The van der Waals surface area contributed by atoms with Gasteiger partial charge in [-0.05, 0) is 43.9 Å². The molecule has 3 aliphatic heterocycles. The molecule has 1 saturated carbocycles. The van der Waals surface area contributed by atoms with Gasteiger partial charge in [0.1, 0.15) is 12.3 Å². The monoisotopic (exact) mass is 490 g/mol. The van der Waals surface area contributed by atoms with Gasteiger partial charge in [-0.3, -0.25) is 19.4 Å². The van der Waals surface area contributed by atoms with Crippen LogP contribution in [0.5, 0.6) is 5.75 Å². The minimum Gasteiger partial charge on any atom is -0.482 e. The highest BCUT2D eigenvalue weighted by Crippen LogP contribution is 2.35. The van der Waals surface area contributed by atoms with E-state index in [0.29, 0.717) is 43.7 Å². The van der Waals surface area contributed by atoms with Crippen molar-refractivity contribution in [3.8, 4) is 5.75 Å². The van der Waals surface area contributed by atoms with Gasteiger partial charge in [0.2, 0.25) is 15.9 Å². The van der Waals surface area contributed by atoms with Gasteiger partial charge in [0.25, 0.3) is 5.91 Å². The van der Waals surface area contributed by atoms with Crippen LogP contribution in [-0.2, 0) is 19.6 Å². The third-order valence-electron chi connectivity index (χ3n) is 7.63. The first-order valence-electron chi connectivity index (χ1n) is 12.5. The Hall–Kier alpha value is -2.17. The number of anilines is 1. The van der Waals surface area contributed by atoms with Crippen molar-refractivity contribution in [2.45, 2.75) is 55.9 Å². The Bertz CT molecular complexity index is 1030. The van der Waals surface area contributed by atoms with Crippen LogP contribution in [0.3, 0.4) is 0 Å². The number of piperazine rings is 1. The second-order valence-electron chi connectivity index (χ2n) is 9.72. The molecule has 2 saturated heterocycles. The number of ether oxygens (including phenoxy) is 1. The van der Waals surface area contributed by atoms with E-state index in [1.165, 1.54) is 53.4 Å². The molecule has 1 aromatic rings. The number of carbonyl (C=O) groups is 2. The fourth-order valence-corrected chi connectivity index (χ4v) is 7.15. The van der Waals surface area contributed by atoms with Gasteiger partial charge in [-0.2, -0.15) is 4.31 Å². The maximum absolute atomic E-state index is 13.1. The molecule has 0 N–H and O–H groups in total. The zero-order valence-corrected chi connectivity index (χ0v) is 20.5. The second-order valence-corrected chi connectivity index (χ2v) is 11.7. The number of rotatable bonds is 5. The molecule has 10 heteroatoms. The van der Waals surface area contributed by atoms with Gasteiger partial charge in [-0.15, -0.1) is 0 Å². The normalized spacial score (nSPS) is 23.1. The summed E-state index contributed by atoms with van der Waals surface area (Å²) in [6, 6.07) is 5.22. The molecule has 3 heterocycles. The van der Waals surface area contributed by atoms with Crippen LogP contribution in [0, 0.1) is 0 Å². The van der Waals surface area contributed by atoms with Gasteiger partial charge in [0.15, 0.2) is 6.61 Å². The Labute approximate surface area is 201 Å². The summed E-state index contributed by atoms with van der Waals surface area (Å²) in [4.78, 5) is 31.7. The predicted octanol–water partition coefficient (Wildman–Crippen LogP) is 1.67. The van der Waals surface area contributed by atoms with Crippen molar-refractivity contribution in [1.82, 2.24) is 14.1 Å². The Morgan fingerprint density at radius 2 is 1.65 bits per heavy atom. The van der Waals surface area contributed by atoms with Gasteiger partial charge in [0.05, 0.1) is 10.6 Å². The molecule has 34 heavy (non-hydrogen) atoms. The minimum atomic E-state index is -3.64. The Balaban J connectivity index is 1.28. The van der Waals surface area contributed by atoms with Gasteiger partial charge < -0.3 is 9.64 Å². The lowest BCUT2D eigenvalue weighted by molar-refractivity contribution is -0.133. The molecule has 4 aliphatic rings. The molecule has 0 bridgehead atoms. The molecule has 0 spiro atoms. The highest BCUT2D eigenvalue weighted by Gasteiger charge is 2.34. The summed E-state index contributed by atoms with van der Waals surface area (Å²) in [6.07, 6.45) is 8.09. The Morgan fingerprint density at radius 3 is 2.35 bits per heavy atom. The summed E-state index contributed by atoms with van der Waals surface area (Å²) in [5.41, 5.74) is 0.353. The third-order valence-corrected chi connectivity index (χ3v) is 9.52. The standard InChI is InChI=1S/C24H34N4O5S/c29-23(26-14-12-25(13-15-26)19-6-2-1-3-7-19)17-28-21-16-20(8-9-22(21)33-18-24(28)30)34(31,32)27-10-4-5-11-27/h8-9,16,19H,1-7,10-15,17-18H2. The summed E-state index contributed by atoms with van der Waals surface area (Å²) < 4.78 is 33.1. The molecular formula is C24H34N4O5S. The smallest absolute Gasteiger partial charge is 0.265 e. The van der Waals surface area contributed by atoms with Crippen LogP contribution in [0.2, 0.25) is 0 Å². The zero-order chi connectivity index (χ0) is 23.7. The third kappa shape index (κ3) is 4.67. The predicted molar refractivity (Wildman–Crippen MR) is 127 cm³/mol. The van der Waals surface area contributed by atoms with Gasteiger partial charge in [-0.25, -0.2) is 8.42 Å². The van der Waals surface area contributed by atoms with Gasteiger partial charge in [-0.1, -0.05) is 19.3 Å². The maximum Gasteiger partial charge on any atom is 0.265 e. The van der Waals surface area contributed by atoms with Crippen molar-refractivity contribution >= 4 is 27.5 Å². The van der Waals surface area contributed by atoms with Crippen molar-refractivity contribution in [3.05, 3.63) is 18.2 Å². The fraction of sp³-hybridized carbons (Fsp3) is 0.667. The van der Waals surface area contributed by atoms with E-state index in [4.69, 9.17) is 4.74 Å². The van der Waals surface area contributed by atoms with E-state index in [2.05, 4.69) is 4.90 Å². The number of hydrogen-bond donors (Lipinski definition) is 0. The lowest BCUT2D eigenvalue weighted by atomic mass is 9.94. The molecule has 1 aromatic carbocycles. The first-order chi connectivity index (χ1) is 16.4. The van der Waals surface area contributed by atoms with Crippen LogP contribution in [0.15, 0.2) is 23.1 Å². The largest absolute Gasteiger partial charge is 0.482 e. The molecule has 3 fully saturated rings. The topological polar surface area (TPSA) is 90.5 Å². The average molecular weight is 491 g/mol.